The highest BCUT2D eigenvalue weighted by atomic mass is 19.1. The zero-order valence-corrected chi connectivity index (χ0v) is 17.1. The maximum Gasteiger partial charge on any atom is 0.283 e. The van der Waals surface area contributed by atoms with Crippen molar-refractivity contribution in [2.45, 2.75) is 30.9 Å². The van der Waals surface area contributed by atoms with E-state index in [0.717, 1.165) is 25.1 Å². The van der Waals surface area contributed by atoms with Gasteiger partial charge in [0, 0.05) is 30.1 Å². The molecule has 2 atom stereocenters. The van der Waals surface area contributed by atoms with Crippen LogP contribution in [0.4, 0.5) is 14.5 Å². The number of amides is 2. The number of anilines is 1. The van der Waals surface area contributed by atoms with Gasteiger partial charge in [0.1, 0.15) is 23.4 Å². The van der Waals surface area contributed by atoms with Crippen LogP contribution in [0.1, 0.15) is 41.4 Å². The number of carbonyl (C=O) groups excluding carboxylic acids is 2. The standard InChI is InChI=1S/C22H21F2N5O3/c23-13-3-6-17(26-10-13)19(30)27-14-4-5-16(24)15(9-14)18-22(32-21(25)28-18)7-8-29(11-22)20(31)12-1-2-12/h3-6,9-10,12,18H,1-2,7-8,11H2,(H2,25,28)(H,27,30). The molecule has 10 heteroatoms. The molecule has 2 unspecified atom stereocenters. The average molecular weight is 441 g/mol. The van der Waals surface area contributed by atoms with E-state index in [2.05, 4.69) is 15.3 Å². The maximum absolute atomic E-state index is 14.9. The molecule has 1 saturated carbocycles. The minimum Gasteiger partial charge on any atom is -0.454 e. The second-order valence-electron chi connectivity index (χ2n) is 8.37. The highest BCUT2D eigenvalue weighted by Crippen LogP contribution is 2.46. The second kappa shape index (κ2) is 7.54. The number of nitrogens with zero attached hydrogens (tertiary/aromatic N) is 3. The fourth-order valence-electron chi connectivity index (χ4n) is 4.31. The minimum atomic E-state index is -0.948. The van der Waals surface area contributed by atoms with Crippen molar-refractivity contribution in [3.8, 4) is 0 Å². The maximum atomic E-state index is 14.9. The van der Waals surface area contributed by atoms with Crippen LogP contribution in [0.15, 0.2) is 41.5 Å². The number of benzene rings is 1. The van der Waals surface area contributed by atoms with Gasteiger partial charge >= 0.3 is 0 Å². The van der Waals surface area contributed by atoms with E-state index < -0.39 is 29.2 Å². The highest BCUT2D eigenvalue weighted by molar-refractivity contribution is 6.02. The predicted octanol–water partition coefficient (Wildman–Crippen LogP) is 2.38. The fourth-order valence-corrected chi connectivity index (χ4v) is 4.31. The summed E-state index contributed by atoms with van der Waals surface area (Å²) in [6.07, 6.45) is 3.20. The normalized spacial score (nSPS) is 24.4. The summed E-state index contributed by atoms with van der Waals surface area (Å²) in [7, 11) is 0. The molecule has 8 nitrogen and oxygen atoms in total. The second-order valence-corrected chi connectivity index (χ2v) is 8.37. The van der Waals surface area contributed by atoms with Crippen molar-refractivity contribution in [2.24, 2.45) is 16.6 Å². The van der Waals surface area contributed by atoms with Gasteiger partial charge in [-0.3, -0.25) is 9.59 Å². The van der Waals surface area contributed by atoms with Crippen LogP contribution in [0.3, 0.4) is 0 Å². The summed E-state index contributed by atoms with van der Waals surface area (Å²) in [5.74, 6) is -1.49. The summed E-state index contributed by atoms with van der Waals surface area (Å²) in [5, 5.41) is 2.63. The van der Waals surface area contributed by atoms with Gasteiger partial charge in [-0.15, -0.1) is 0 Å². The van der Waals surface area contributed by atoms with E-state index in [1.54, 1.807) is 4.90 Å². The molecule has 3 aliphatic rings. The number of aliphatic imine (C=N–C) groups is 1. The number of nitrogens with one attached hydrogen (secondary N) is 1. The van der Waals surface area contributed by atoms with Crippen LogP contribution in [0.2, 0.25) is 0 Å². The number of amidine groups is 1. The molecular formula is C22H21F2N5O3. The number of halogens is 2. The van der Waals surface area contributed by atoms with Gasteiger partial charge in [0.2, 0.25) is 5.91 Å². The molecule has 32 heavy (non-hydrogen) atoms. The number of ether oxygens (including phenoxy) is 1. The molecule has 1 aromatic heterocycles. The smallest absolute Gasteiger partial charge is 0.283 e. The van der Waals surface area contributed by atoms with E-state index in [1.165, 1.54) is 24.3 Å². The van der Waals surface area contributed by atoms with Crippen molar-refractivity contribution in [3.05, 3.63) is 59.4 Å². The van der Waals surface area contributed by atoms with Crippen molar-refractivity contribution in [1.82, 2.24) is 9.88 Å². The summed E-state index contributed by atoms with van der Waals surface area (Å²) in [5.41, 5.74) is 5.45. The Morgan fingerprint density at radius 3 is 2.75 bits per heavy atom. The molecule has 1 aliphatic carbocycles. The van der Waals surface area contributed by atoms with Crippen LogP contribution in [0.5, 0.6) is 0 Å². The van der Waals surface area contributed by atoms with Gasteiger partial charge < -0.3 is 20.7 Å². The van der Waals surface area contributed by atoms with Crippen LogP contribution >= 0.6 is 0 Å². The van der Waals surface area contributed by atoms with Crippen molar-refractivity contribution >= 4 is 23.5 Å². The third-order valence-electron chi connectivity index (χ3n) is 6.07. The van der Waals surface area contributed by atoms with E-state index in [1.807, 2.05) is 0 Å². The Balaban J connectivity index is 1.40. The van der Waals surface area contributed by atoms with Crippen molar-refractivity contribution in [2.75, 3.05) is 18.4 Å². The number of pyridine rings is 1. The Labute approximate surface area is 182 Å². The molecule has 1 spiro atoms. The first-order chi connectivity index (χ1) is 15.3. The predicted molar refractivity (Wildman–Crippen MR) is 111 cm³/mol. The largest absolute Gasteiger partial charge is 0.454 e. The monoisotopic (exact) mass is 441 g/mol. The summed E-state index contributed by atoms with van der Waals surface area (Å²) >= 11 is 0. The Hall–Kier alpha value is -3.56. The number of aromatic nitrogens is 1. The molecule has 5 rings (SSSR count). The van der Waals surface area contributed by atoms with Gasteiger partial charge in [-0.2, -0.15) is 0 Å². The van der Waals surface area contributed by atoms with Gasteiger partial charge in [0.15, 0.2) is 5.60 Å². The van der Waals surface area contributed by atoms with Crippen LogP contribution in [-0.4, -0.2) is 46.4 Å². The van der Waals surface area contributed by atoms with E-state index in [-0.39, 0.29) is 35.6 Å². The zero-order chi connectivity index (χ0) is 22.5. The summed E-state index contributed by atoms with van der Waals surface area (Å²) in [6.45, 7) is 0.760. The Kier molecular flexibility index (Phi) is 4.79. The molecule has 2 fully saturated rings. The number of rotatable bonds is 4. The van der Waals surface area contributed by atoms with Crippen molar-refractivity contribution in [3.63, 3.8) is 0 Å². The molecule has 2 aliphatic heterocycles. The first-order valence-corrected chi connectivity index (χ1v) is 10.4. The fraction of sp³-hybridized carbons (Fsp3) is 0.364. The van der Waals surface area contributed by atoms with E-state index >= 15 is 0 Å². The van der Waals surface area contributed by atoms with E-state index in [0.29, 0.717) is 18.7 Å². The molecule has 1 saturated heterocycles. The van der Waals surface area contributed by atoms with Crippen LogP contribution < -0.4 is 11.1 Å². The Bertz CT molecular complexity index is 1120. The molecule has 2 aromatic rings. The SMILES string of the molecule is NC1=NC(c2cc(NC(=O)c3ccc(F)cn3)ccc2F)C2(CCN(C(=O)C3CC3)C2)O1. The molecule has 2 amide bonds. The lowest BCUT2D eigenvalue weighted by Crippen LogP contribution is -2.42. The lowest BCUT2D eigenvalue weighted by atomic mass is 9.88. The van der Waals surface area contributed by atoms with Gasteiger partial charge in [-0.25, -0.2) is 18.8 Å². The van der Waals surface area contributed by atoms with Gasteiger partial charge in [-0.1, -0.05) is 0 Å². The van der Waals surface area contributed by atoms with Crippen LogP contribution in [0.25, 0.3) is 0 Å². The summed E-state index contributed by atoms with van der Waals surface area (Å²) in [4.78, 5) is 34.8. The quantitative estimate of drug-likeness (QED) is 0.757. The number of hydrogen-bond acceptors (Lipinski definition) is 6. The molecule has 3 heterocycles. The summed E-state index contributed by atoms with van der Waals surface area (Å²) < 4.78 is 33.8. The number of likely N-dealkylation sites (tertiary alicyclic amines) is 1. The summed E-state index contributed by atoms with van der Waals surface area (Å²) in [6, 6.07) is 5.67. The third-order valence-corrected chi connectivity index (χ3v) is 6.07. The molecule has 1 aromatic carbocycles. The van der Waals surface area contributed by atoms with Crippen molar-refractivity contribution in [1.29, 1.82) is 0 Å². The number of nitrogens with two attached hydrogens (primary N) is 1. The topological polar surface area (TPSA) is 110 Å². The number of carbonyl (C=O) groups is 2. The Morgan fingerprint density at radius 1 is 1.22 bits per heavy atom. The van der Waals surface area contributed by atoms with Gasteiger partial charge in [0.25, 0.3) is 11.9 Å². The minimum absolute atomic E-state index is 0.0187. The first kappa shape index (κ1) is 20.3. The number of hydrogen-bond donors (Lipinski definition) is 2. The molecule has 166 valence electrons. The van der Waals surface area contributed by atoms with Gasteiger partial charge in [-0.05, 0) is 43.2 Å². The average Bonchev–Trinajstić information content (AvgIpc) is 3.46. The van der Waals surface area contributed by atoms with Crippen LogP contribution in [0, 0.1) is 17.6 Å². The van der Waals surface area contributed by atoms with Gasteiger partial charge in [0.05, 0.1) is 12.7 Å². The third kappa shape index (κ3) is 3.65. The van der Waals surface area contributed by atoms with Crippen molar-refractivity contribution < 1.29 is 23.1 Å². The van der Waals surface area contributed by atoms with Crippen LogP contribution in [-0.2, 0) is 9.53 Å². The Morgan fingerprint density at radius 2 is 2.03 bits per heavy atom. The molecule has 0 bridgehead atoms. The van der Waals surface area contributed by atoms with E-state index in [4.69, 9.17) is 10.5 Å². The molecular weight excluding hydrogens is 420 g/mol. The molecule has 3 N–H and O–H groups in total. The highest BCUT2D eigenvalue weighted by Gasteiger charge is 2.54. The lowest BCUT2D eigenvalue weighted by Gasteiger charge is -2.29. The lowest BCUT2D eigenvalue weighted by molar-refractivity contribution is -0.132. The zero-order valence-electron chi connectivity index (χ0n) is 17.1. The molecule has 0 radical (unpaired) electrons. The van der Waals surface area contributed by atoms with E-state index in [9.17, 15) is 18.4 Å². The first-order valence-electron chi connectivity index (χ1n) is 10.4.